The number of hydrogen-bond donors (Lipinski definition) is 0. The molecule has 0 saturated carbocycles. The summed E-state index contributed by atoms with van der Waals surface area (Å²) in [6, 6.07) is 0. The van der Waals surface area contributed by atoms with Crippen LogP contribution in [0.5, 0.6) is 0 Å². The number of aromatic nitrogens is 3. The Kier molecular flexibility index (Phi) is 4.52. The van der Waals surface area contributed by atoms with Crippen LogP contribution in [0.2, 0.25) is 0 Å². The average Bonchev–Trinajstić information content (AvgIpc) is 2.99. The van der Waals surface area contributed by atoms with E-state index in [9.17, 15) is 4.79 Å². The van der Waals surface area contributed by atoms with Crippen LogP contribution in [-0.2, 0) is 16.0 Å². The summed E-state index contributed by atoms with van der Waals surface area (Å²) in [5, 5.41) is 8.07. The number of esters is 1. The minimum absolute atomic E-state index is 0.163. The van der Waals surface area contributed by atoms with Crippen LogP contribution in [0.25, 0.3) is 0 Å². The Morgan fingerprint density at radius 3 is 2.95 bits per heavy atom. The second-order valence-electron chi connectivity index (χ2n) is 5.02. The Labute approximate surface area is 113 Å². The summed E-state index contributed by atoms with van der Waals surface area (Å²) >= 11 is 0. The molecule has 0 amide bonds. The summed E-state index contributed by atoms with van der Waals surface area (Å²) in [5.41, 5.74) is 1.16. The van der Waals surface area contributed by atoms with E-state index in [4.69, 9.17) is 9.47 Å². The van der Waals surface area contributed by atoms with Gasteiger partial charge in [0, 0.05) is 6.61 Å². The van der Waals surface area contributed by atoms with Gasteiger partial charge in [-0.05, 0) is 25.7 Å². The lowest BCUT2D eigenvalue weighted by Crippen LogP contribution is -2.19. The third-order valence-electron chi connectivity index (χ3n) is 3.19. The summed E-state index contributed by atoms with van der Waals surface area (Å²) < 4.78 is 12.4. The molecule has 0 aromatic carbocycles. The Hall–Kier alpha value is -1.43. The maximum absolute atomic E-state index is 11.9. The quantitative estimate of drug-likeness (QED) is 0.760. The molecule has 6 nitrogen and oxygen atoms in total. The van der Waals surface area contributed by atoms with Crippen molar-refractivity contribution in [3.05, 3.63) is 11.4 Å². The molecule has 1 atom stereocenters. The van der Waals surface area contributed by atoms with Crippen molar-refractivity contribution in [2.45, 2.75) is 52.2 Å². The molecule has 2 rings (SSSR count). The highest BCUT2D eigenvalue weighted by molar-refractivity contribution is 5.88. The zero-order valence-electron chi connectivity index (χ0n) is 11.8. The van der Waals surface area contributed by atoms with Crippen LogP contribution >= 0.6 is 0 Å². The highest BCUT2D eigenvalue weighted by Gasteiger charge is 2.25. The van der Waals surface area contributed by atoms with E-state index in [0.717, 1.165) is 25.1 Å². The van der Waals surface area contributed by atoms with Crippen LogP contribution in [0.1, 0.15) is 55.7 Å². The van der Waals surface area contributed by atoms with Crippen molar-refractivity contribution in [2.24, 2.45) is 0 Å². The Morgan fingerprint density at radius 2 is 2.37 bits per heavy atom. The molecule has 1 aromatic heterocycles. The Bertz CT molecular complexity index is 436. The zero-order chi connectivity index (χ0) is 13.8. The summed E-state index contributed by atoms with van der Waals surface area (Å²) in [4.78, 5) is 11.9. The normalized spacial score (nSPS) is 19.1. The van der Waals surface area contributed by atoms with Gasteiger partial charge < -0.3 is 9.47 Å². The molecular formula is C13H21N3O3. The second kappa shape index (κ2) is 6.14. The average molecular weight is 267 g/mol. The SMILES string of the molecule is CCOC(=O)c1nnn(CC2CCCO2)c1C(C)C. The van der Waals surface area contributed by atoms with Crippen LogP contribution in [-0.4, -0.2) is 40.3 Å². The van der Waals surface area contributed by atoms with Crippen molar-refractivity contribution < 1.29 is 14.3 Å². The Balaban J connectivity index is 2.20. The van der Waals surface area contributed by atoms with E-state index in [0.29, 0.717) is 18.8 Å². The molecule has 106 valence electrons. The highest BCUT2D eigenvalue weighted by Crippen LogP contribution is 2.21. The minimum Gasteiger partial charge on any atom is -0.461 e. The molecule has 6 heteroatoms. The fourth-order valence-corrected chi connectivity index (χ4v) is 2.35. The molecule has 1 aliphatic heterocycles. The van der Waals surface area contributed by atoms with Gasteiger partial charge in [-0.1, -0.05) is 19.1 Å². The van der Waals surface area contributed by atoms with Crippen LogP contribution in [0.3, 0.4) is 0 Å². The van der Waals surface area contributed by atoms with E-state index in [2.05, 4.69) is 10.3 Å². The van der Waals surface area contributed by atoms with E-state index in [1.54, 1.807) is 11.6 Å². The van der Waals surface area contributed by atoms with E-state index in [1.165, 1.54) is 0 Å². The number of carbonyl (C=O) groups excluding carboxylic acids is 1. The first-order valence-electron chi connectivity index (χ1n) is 6.85. The zero-order valence-corrected chi connectivity index (χ0v) is 11.8. The largest absolute Gasteiger partial charge is 0.461 e. The second-order valence-corrected chi connectivity index (χ2v) is 5.02. The van der Waals surface area contributed by atoms with Gasteiger partial charge in [-0.25, -0.2) is 9.48 Å². The Morgan fingerprint density at radius 1 is 1.58 bits per heavy atom. The lowest BCUT2D eigenvalue weighted by Gasteiger charge is -2.14. The summed E-state index contributed by atoms with van der Waals surface area (Å²) in [7, 11) is 0. The number of carbonyl (C=O) groups is 1. The molecule has 1 unspecified atom stereocenters. The van der Waals surface area contributed by atoms with Gasteiger partial charge >= 0.3 is 5.97 Å². The van der Waals surface area contributed by atoms with E-state index < -0.39 is 5.97 Å². The third kappa shape index (κ3) is 3.12. The topological polar surface area (TPSA) is 66.2 Å². The molecule has 1 saturated heterocycles. The standard InChI is InChI=1S/C13H21N3O3/c1-4-18-13(17)11-12(9(2)3)16(15-14-11)8-10-6-5-7-19-10/h9-10H,4-8H2,1-3H3. The van der Waals surface area contributed by atoms with Gasteiger partial charge in [0.25, 0.3) is 0 Å². The van der Waals surface area contributed by atoms with Crippen LogP contribution in [0.15, 0.2) is 0 Å². The van der Waals surface area contributed by atoms with E-state index >= 15 is 0 Å². The van der Waals surface area contributed by atoms with E-state index in [-0.39, 0.29) is 12.0 Å². The van der Waals surface area contributed by atoms with E-state index in [1.807, 2.05) is 13.8 Å². The predicted octanol–water partition coefficient (Wildman–Crippen LogP) is 1.76. The number of ether oxygens (including phenoxy) is 2. The van der Waals surface area contributed by atoms with Crippen LogP contribution in [0.4, 0.5) is 0 Å². The summed E-state index contributed by atoms with van der Waals surface area (Å²) in [6.07, 6.45) is 2.29. The molecule has 0 bridgehead atoms. The molecule has 1 fully saturated rings. The lowest BCUT2D eigenvalue weighted by molar-refractivity contribution is 0.0517. The molecule has 19 heavy (non-hydrogen) atoms. The van der Waals surface area contributed by atoms with Crippen molar-refractivity contribution in [3.8, 4) is 0 Å². The monoisotopic (exact) mass is 267 g/mol. The van der Waals surface area contributed by atoms with Crippen molar-refractivity contribution in [1.29, 1.82) is 0 Å². The summed E-state index contributed by atoms with van der Waals surface area (Å²) in [5.74, 6) is -0.236. The summed E-state index contributed by atoms with van der Waals surface area (Å²) in [6.45, 7) is 7.63. The molecule has 1 aliphatic rings. The van der Waals surface area contributed by atoms with Crippen molar-refractivity contribution in [1.82, 2.24) is 15.0 Å². The van der Waals surface area contributed by atoms with Crippen molar-refractivity contribution >= 4 is 5.97 Å². The molecular weight excluding hydrogens is 246 g/mol. The van der Waals surface area contributed by atoms with Crippen LogP contribution < -0.4 is 0 Å². The number of hydrogen-bond acceptors (Lipinski definition) is 5. The predicted molar refractivity (Wildman–Crippen MR) is 69.0 cm³/mol. The molecule has 1 aromatic rings. The molecule has 0 N–H and O–H groups in total. The lowest BCUT2D eigenvalue weighted by atomic mass is 10.1. The maximum atomic E-state index is 11.9. The number of nitrogens with zero attached hydrogens (tertiary/aromatic N) is 3. The van der Waals surface area contributed by atoms with Gasteiger partial charge in [0.15, 0.2) is 5.69 Å². The molecule has 2 heterocycles. The molecule has 0 radical (unpaired) electrons. The first kappa shape index (κ1) is 14.0. The van der Waals surface area contributed by atoms with Gasteiger partial charge in [-0.3, -0.25) is 0 Å². The molecule has 0 spiro atoms. The van der Waals surface area contributed by atoms with Crippen LogP contribution in [0, 0.1) is 0 Å². The third-order valence-corrected chi connectivity index (χ3v) is 3.19. The van der Waals surface area contributed by atoms with Gasteiger partial charge in [-0.15, -0.1) is 5.10 Å². The molecule has 0 aliphatic carbocycles. The fourth-order valence-electron chi connectivity index (χ4n) is 2.35. The van der Waals surface area contributed by atoms with Gasteiger partial charge in [0.05, 0.1) is 24.9 Å². The van der Waals surface area contributed by atoms with Gasteiger partial charge in [-0.2, -0.15) is 0 Å². The van der Waals surface area contributed by atoms with Crippen molar-refractivity contribution in [2.75, 3.05) is 13.2 Å². The first-order valence-corrected chi connectivity index (χ1v) is 6.85. The van der Waals surface area contributed by atoms with Crippen molar-refractivity contribution in [3.63, 3.8) is 0 Å². The van der Waals surface area contributed by atoms with Gasteiger partial charge in [0.2, 0.25) is 0 Å². The minimum atomic E-state index is -0.398. The van der Waals surface area contributed by atoms with Gasteiger partial charge in [0.1, 0.15) is 0 Å². The fraction of sp³-hybridized carbons (Fsp3) is 0.769. The smallest absolute Gasteiger partial charge is 0.360 e. The maximum Gasteiger partial charge on any atom is 0.360 e. The highest BCUT2D eigenvalue weighted by atomic mass is 16.5. The first-order chi connectivity index (χ1) is 9.13. The number of rotatable bonds is 5.